The second-order valence-electron chi connectivity index (χ2n) is 5.24. The van der Waals surface area contributed by atoms with Gasteiger partial charge in [-0.15, -0.1) is 0 Å². The number of benzene rings is 1. The van der Waals surface area contributed by atoms with Crippen LogP contribution in [0.5, 0.6) is 5.75 Å². The maximum absolute atomic E-state index is 12.2. The Labute approximate surface area is 115 Å². The van der Waals surface area contributed by atoms with Gasteiger partial charge in [0, 0.05) is 6.54 Å². The van der Waals surface area contributed by atoms with E-state index in [-0.39, 0.29) is 17.7 Å². The molecule has 1 amide bonds. The molecule has 1 rings (SSSR count). The third-order valence-corrected chi connectivity index (χ3v) is 3.28. The fraction of sp³-hybridized carbons (Fsp3) is 0.533. The van der Waals surface area contributed by atoms with Crippen molar-refractivity contribution in [2.45, 2.75) is 27.7 Å². The zero-order chi connectivity index (χ0) is 14.6. The average Bonchev–Trinajstić information content (AvgIpc) is 2.28. The number of amides is 1. The number of aryl methyl sites for hydroxylation is 2. The molecule has 106 valence electrons. The number of hydrogen-bond donors (Lipinski definition) is 2. The monoisotopic (exact) mass is 264 g/mol. The Bertz CT molecular complexity index is 456. The van der Waals surface area contributed by atoms with Gasteiger partial charge in [-0.25, -0.2) is 0 Å². The van der Waals surface area contributed by atoms with Crippen LogP contribution < -0.4 is 15.8 Å². The number of nitrogens with two attached hydrogens (primary N) is 1. The summed E-state index contributed by atoms with van der Waals surface area (Å²) < 4.78 is 5.36. The number of rotatable bonds is 5. The molecule has 0 aromatic heterocycles. The fourth-order valence-electron chi connectivity index (χ4n) is 2.23. The minimum absolute atomic E-state index is 0.0548. The van der Waals surface area contributed by atoms with E-state index in [1.54, 1.807) is 7.11 Å². The maximum atomic E-state index is 12.2. The van der Waals surface area contributed by atoms with E-state index in [0.29, 0.717) is 18.0 Å². The van der Waals surface area contributed by atoms with Gasteiger partial charge in [0.1, 0.15) is 5.75 Å². The summed E-state index contributed by atoms with van der Waals surface area (Å²) in [6.07, 6.45) is 0. The second kappa shape index (κ2) is 6.57. The molecule has 1 unspecified atom stereocenters. The first kappa shape index (κ1) is 15.5. The molecule has 4 heteroatoms. The van der Waals surface area contributed by atoms with Crippen molar-refractivity contribution in [3.05, 3.63) is 23.3 Å². The molecular formula is C15H24N2O2. The number of carbonyl (C=O) groups is 1. The van der Waals surface area contributed by atoms with Crippen LogP contribution in [0.1, 0.15) is 25.0 Å². The molecule has 0 heterocycles. The van der Waals surface area contributed by atoms with E-state index in [1.165, 1.54) is 0 Å². The van der Waals surface area contributed by atoms with Gasteiger partial charge in [0.25, 0.3) is 0 Å². The fourth-order valence-corrected chi connectivity index (χ4v) is 2.23. The predicted molar refractivity (Wildman–Crippen MR) is 78.5 cm³/mol. The predicted octanol–water partition coefficient (Wildman–Crippen LogP) is 2.48. The van der Waals surface area contributed by atoms with Crippen LogP contribution in [0.25, 0.3) is 0 Å². The lowest BCUT2D eigenvalue weighted by Crippen LogP contribution is -2.33. The Kier molecular flexibility index (Phi) is 5.36. The summed E-state index contributed by atoms with van der Waals surface area (Å²) in [6, 6.07) is 3.94. The van der Waals surface area contributed by atoms with E-state index in [0.717, 1.165) is 11.1 Å². The van der Waals surface area contributed by atoms with E-state index in [4.69, 9.17) is 10.5 Å². The van der Waals surface area contributed by atoms with Gasteiger partial charge in [-0.05, 0) is 37.0 Å². The molecule has 0 spiro atoms. The van der Waals surface area contributed by atoms with Crippen molar-refractivity contribution < 1.29 is 9.53 Å². The number of ether oxygens (including phenoxy) is 1. The van der Waals surface area contributed by atoms with Gasteiger partial charge in [-0.2, -0.15) is 0 Å². The number of nitrogens with one attached hydrogen (secondary N) is 1. The van der Waals surface area contributed by atoms with Crippen molar-refractivity contribution in [1.29, 1.82) is 0 Å². The first-order valence-electron chi connectivity index (χ1n) is 6.56. The van der Waals surface area contributed by atoms with Gasteiger partial charge in [-0.3, -0.25) is 4.79 Å². The molecule has 0 aliphatic carbocycles. The Morgan fingerprint density at radius 3 is 2.47 bits per heavy atom. The van der Waals surface area contributed by atoms with Gasteiger partial charge in [0.05, 0.1) is 18.7 Å². The normalized spacial score (nSPS) is 12.4. The molecule has 0 saturated heterocycles. The van der Waals surface area contributed by atoms with Crippen molar-refractivity contribution in [3.8, 4) is 5.75 Å². The van der Waals surface area contributed by atoms with Crippen LogP contribution in [0.3, 0.4) is 0 Å². The Morgan fingerprint density at radius 2 is 2.00 bits per heavy atom. The smallest absolute Gasteiger partial charge is 0.229 e. The molecule has 0 radical (unpaired) electrons. The SMILES string of the molecule is COc1c(C)cc(C)cc1NC(=O)C(CN)C(C)C. The minimum Gasteiger partial charge on any atom is -0.494 e. The van der Waals surface area contributed by atoms with E-state index in [9.17, 15) is 4.79 Å². The molecule has 0 saturated carbocycles. The molecule has 19 heavy (non-hydrogen) atoms. The summed E-state index contributed by atoms with van der Waals surface area (Å²) >= 11 is 0. The number of hydrogen-bond acceptors (Lipinski definition) is 3. The summed E-state index contributed by atoms with van der Waals surface area (Å²) in [5, 5.41) is 2.93. The first-order valence-corrected chi connectivity index (χ1v) is 6.56. The molecule has 4 nitrogen and oxygen atoms in total. The Morgan fingerprint density at radius 1 is 1.37 bits per heavy atom. The molecule has 0 aliphatic heterocycles. The largest absolute Gasteiger partial charge is 0.494 e. The Balaban J connectivity index is 3.02. The average molecular weight is 264 g/mol. The quantitative estimate of drug-likeness (QED) is 0.858. The van der Waals surface area contributed by atoms with Gasteiger partial charge < -0.3 is 15.8 Å². The molecule has 0 fully saturated rings. The highest BCUT2D eigenvalue weighted by Crippen LogP contribution is 2.30. The van der Waals surface area contributed by atoms with Gasteiger partial charge in [0.15, 0.2) is 0 Å². The van der Waals surface area contributed by atoms with Crippen LogP contribution in [-0.4, -0.2) is 19.6 Å². The van der Waals surface area contributed by atoms with Gasteiger partial charge in [-0.1, -0.05) is 19.9 Å². The van der Waals surface area contributed by atoms with Gasteiger partial charge in [0.2, 0.25) is 5.91 Å². The molecule has 1 aromatic carbocycles. The van der Waals surface area contributed by atoms with Crippen LogP contribution in [-0.2, 0) is 4.79 Å². The third kappa shape index (κ3) is 3.70. The van der Waals surface area contributed by atoms with E-state index in [1.807, 2.05) is 39.8 Å². The third-order valence-electron chi connectivity index (χ3n) is 3.28. The molecule has 0 aliphatic rings. The topological polar surface area (TPSA) is 64.3 Å². The zero-order valence-corrected chi connectivity index (χ0v) is 12.4. The number of anilines is 1. The molecule has 0 bridgehead atoms. The van der Waals surface area contributed by atoms with E-state index >= 15 is 0 Å². The highest BCUT2D eigenvalue weighted by Gasteiger charge is 2.22. The highest BCUT2D eigenvalue weighted by molar-refractivity contribution is 5.94. The first-order chi connectivity index (χ1) is 8.90. The van der Waals surface area contributed by atoms with Crippen LogP contribution >= 0.6 is 0 Å². The van der Waals surface area contributed by atoms with Crippen molar-refractivity contribution >= 4 is 11.6 Å². The summed E-state index contributed by atoms with van der Waals surface area (Å²) in [4.78, 5) is 12.2. The molecule has 1 atom stereocenters. The van der Waals surface area contributed by atoms with E-state index in [2.05, 4.69) is 5.32 Å². The lowest BCUT2D eigenvalue weighted by Gasteiger charge is -2.20. The second-order valence-corrected chi connectivity index (χ2v) is 5.24. The number of methoxy groups -OCH3 is 1. The van der Waals surface area contributed by atoms with Crippen LogP contribution in [0.4, 0.5) is 5.69 Å². The summed E-state index contributed by atoms with van der Waals surface area (Å²) in [6.45, 7) is 8.29. The lowest BCUT2D eigenvalue weighted by molar-refractivity contribution is -0.120. The Hall–Kier alpha value is -1.55. The lowest BCUT2D eigenvalue weighted by atomic mass is 9.95. The summed E-state index contributed by atoms with van der Waals surface area (Å²) in [7, 11) is 1.61. The van der Waals surface area contributed by atoms with E-state index < -0.39 is 0 Å². The summed E-state index contributed by atoms with van der Waals surface area (Å²) in [5.74, 6) is 0.673. The summed E-state index contributed by atoms with van der Waals surface area (Å²) in [5.41, 5.74) is 8.47. The van der Waals surface area contributed by atoms with Crippen LogP contribution in [0.15, 0.2) is 12.1 Å². The zero-order valence-electron chi connectivity index (χ0n) is 12.4. The standard InChI is InChI=1S/C15H24N2O2/c1-9(2)12(8-16)15(18)17-13-7-10(3)6-11(4)14(13)19-5/h6-7,9,12H,8,16H2,1-5H3,(H,17,18). The van der Waals surface area contributed by atoms with Crippen molar-refractivity contribution in [1.82, 2.24) is 0 Å². The highest BCUT2D eigenvalue weighted by atomic mass is 16.5. The minimum atomic E-state index is -0.189. The molecular weight excluding hydrogens is 240 g/mol. The van der Waals surface area contributed by atoms with Gasteiger partial charge >= 0.3 is 0 Å². The van der Waals surface area contributed by atoms with Crippen molar-refractivity contribution in [3.63, 3.8) is 0 Å². The molecule has 1 aromatic rings. The van der Waals surface area contributed by atoms with Crippen molar-refractivity contribution in [2.75, 3.05) is 19.0 Å². The maximum Gasteiger partial charge on any atom is 0.229 e. The van der Waals surface area contributed by atoms with Crippen LogP contribution in [0.2, 0.25) is 0 Å². The molecule has 3 N–H and O–H groups in total. The van der Waals surface area contributed by atoms with Crippen molar-refractivity contribution in [2.24, 2.45) is 17.6 Å². The number of carbonyl (C=O) groups excluding carboxylic acids is 1. The van der Waals surface area contributed by atoms with Crippen LogP contribution in [0, 0.1) is 25.7 Å².